The molecule has 0 aliphatic rings. The predicted octanol–water partition coefficient (Wildman–Crippen LogP) is 5.48. The third-order valence-corrected chi connectivity index (χ3v) is 4.80. The standard InChI is InChI=1S/C25H24N6O/c1-3-18-7-9-19(10-8-18)25(32)30-21-13-11-20(12-14-21)29-23-16-24(28-17(2)27-23)31-22-6-4-5-15-26-22/h4-16H,3H2,1-2H3,(H,30,32)(H2,26,27,28,29,31). The molecule has 2 heterocycles. The van der Waals surface area contributed by atoms with E-state index in [1.165, 1.54) is 5.56 Å². The van der Waals surface area contributed by atoms with Crippen LogP contribution in [-0.2, 0) is 6.42 Å². The third-order valence-electron chi connectivity index (χ3n) is 4.80. The second-order valence-corrected chi connectivity index (χ2v) is 7.23. The summed E-state index contributed by atoms with van der Waals surface area (Å²) >= 11 is 0. The highest BCUT2D eigenvalue weighted by Gasteiger charge is 2.07. The number of carbonyl (C=O) groups excluding carboxylic acids is 1. The van der Waals surface area contributed by atoms with Gasteiger partial charge in [-0.3, -0.25) is 4.79 Å². The van der Waals surface area contributed by atoms with Crippen molar-refractivity contribution < 1.29 is 4.79 Å². The minimum Gasteiger partial charge on any atom is -0.340 e. The van der Waals surface area contributed by atoms with E-state index in [1.54, 1.807) is 6.20 Å². The first-order chi connectivity index (χ1) is 15.6. The van der Waals surface area contributed by atoms with Crippen molar-refractivity contribution in [2.45, 2.75) is 20.3 Å². The van der Waals surface area contributed by atoms with Crippen LogP contribution < -0.4 is 16.0 Å². The van der Waals surface area contributed by atoms with E-state index in [4.69, 9.17) is 0 Å². The van der Waals surface area contributed by atoms with Crippen molar-refractivity contribution in [3.8, 4) is 0 Å². The Morgan fingerprint density at radius 2 is 1.50 bits per heavy atom. The first kappa shape index (κ1) is 21.0. The van der Waals surface area contributed by atoms with Crippen LogP contribution in [0.25, 0.3) is 0 Å². The van der Waals surface area contributed by atoms with Crippen LogP contribution in [0.1, 0.15) is 28.7 Å². The Labute approximate surface area is 187 Å². The summed E-state index contributed by atoms with van der Waals surface area (Å²) in [6.45, 7) is 3.92. The van der Waals surface area contributed by atoms with E-state index < -0.39 is 0 Å². The van der Waals surface area contributed by atoms with Crippen LogP contribution >= 0.6 is 0 Å². The molecule has 0 bridgehead atoms. The molecule has 2 aromatic heterocycles. The lowest BCUT2D eigenvalue weighted by atomic mass is 10.1. The summed E-state index contributed by atoms with van der Waals surface area (Å²) < 4.78 is 0. The molecule has 7 heteroatoms. The number of hydrogen-bond donors (Lipinski definition) is 3. The van der Waals surface area contributed by atoms with Gasteiger partial charge in [-0.15, -0.1) is 0 Å². The number of rotatable bonds is 7. The van der Waals surface area contributed by atoms with Crippen LogP contribution in [0.4, 0.5) is 28.8 Å². The molecule has 4 aromatic rings. The van der Waals surface area contributed by atoms with Gasteiger partial charge >= 0.3 is 0 Å². The van der Waals surface area contributed by atoms with Gasteiger partial charge in [-0.1, -0.05) is 25.1 Å². The highest BCUT2D eigenvalue weighted by Crippen LogP contribution is 2.21. The number of nitrogens with one attached hydrogen (secondary N) is 3. The number of aromatic nitrogens is 3. The number of hydrogen-bond acceptors (Lipinski definition) is 6. The molecule has 0 fully saturated rings. The maximum Gasteiger partial charge on any atom is 0.255 e. The zero-order valence-electron chi connectivity index (χ0n) is 18.0. The van der Waals surface area contributed by atoms with E-state index in [2.05, 4.69) is 37.8 Å². The molecule has 0 spiro atoms. The fourth-order valence-corrected chi connectivity index (χ4v) is 3.14. The summed E-state index contributed by atoms with van der Waals surface area (Å²) in [6, 6.07) is 22.6. The molecule has 0 saturated carbocycles. The van der Waals surface area contributed by atoms with Gasteiger partial charge in [0.05, 0.1) is 0 Å². The van der Waals surface area contributed by atoms with Gasteiger partial charge < -0.3 is 16.0 Å². The molecule has 1 amide bonds. The number of nitrogens with zero attached hydrogens (tertiary/aromatic N) is 3. The monoisotopic (exact) mass is 424 g/mol. The van der Waals surface area contributed by atoms with E-state index in [9.17, 15) is 4.79 Å². The average molecular weight is 425 g/mol. The van der Waals surface area contributed by atoms with Gasteiger partial charge in [-0.25, -0.2) is 15.0 Å². The number of aryl methyl sites for hydroxylation is 2. The normalized spacial score (nSPS) is 10.4. The zero-order valence-corrected chi connectivity index (χ0v) is 18.0. The molecule has 0 unspecified atom stereocenters. The smallest absolute Gasteiger partial charge is 0.255 e. The molecule has 7 nitrogen and oxygen atoms in total. The Morgan fingerprint density at radius 3 is 2.16 bits per heavy atom. The fraction of sp³-hybridized carbons (Fsp3) is 0.120. The lowest BCUT2D eigenvalue weighted by Crippen LogP contribution is -2.11. The minimum absolute atomic E-state index is 0.134. The van der Waals surface area contributed by atoms with Gasteiger partial charge in [-0.05, 0) is 67.4 Å². The highest BCUT2D eigenvalue weighted by atomic mass is 16.1. The number of carbonyl (C=O) groups is 1. The summed E-state index contributed by atoms with van der Waals surface area (Å²) in [5.74, 6) is 2.51. The Bertz CT molecular complexity index is 1190. The first-order valence-corrected chi connectivity index (χ1v) is 10.4. The van der Waals surface area contributed by atoms with E-state index in [1.807, 2.05) is 79.7 Å². The van der Waals surface area contributed by atoms with Crippen LogP contribution in [0.5, 0.6) is 0 Å². The van der Waals surface area contributed by atoms with Gasteiger partial charge in [-0.2, -0.15) is 0 Å². The summed E-state index contributed by atoms with van der Waals surface area (Å²) in [4.78, 5) is 25.6. The fourth-order valence-electron chi connectivity index (χ4n) is 3.14. The van der Waals surface area contributed by atoms with Gasteiger partial charge in [0.1, 0.15) is 23.3 Å². The summed E-state index contributed by atoms with van der Waals surface area (Å²) in [5.41, 5.74) is 3.40. The van der Waals surface area contributed by atoms with Crippen molar-refractivity contribution in [2.24, 2.45) is 0 Å². The Kier molecular flexibility index (Phi) is 6.36. The molecule has 0 radical (unpaired) electrons. The van der Waals surface area contributed by atoms with Crippen LogP contribution in [-0.4, -0.2) is 20.9 Å². The van der Waals surface area contributed by atoms with E-state index in [0.717, 1.165) is 17.8 Å². The average Bonchev–Trinajstić information content (AvgIpc) is 2.81. The summed E-state index contributed by atoms with van der Waals surface area (Å²) in [6.07, 6.45) is 2.67. The number of amides is 1. The molecular formula is C25H24N6O. The van der Waals surface area contributed by atoms with Crippen molar-refractivity contribution in [3.63, 3.8) is 0 Å². The first-order valence-electron chi connectivity index (χ1n) is 10.4. The number of benzene rings is 2. The molecule has 0 aliphatic carbocycles. The third kappa shape index (κ3) is 5.46. The van der Waals surface area contributed by atoms with Crippen LogP contribution in [0, 0.1) is 6.92 Å². The molecule has 3 N–H and O–H groups in total. The van der Waals surface area contributed by atoms with Crippen molar-refractivity contribution in [1.82, 2.24) is 15.0 Å². The Morgan fingerprint density at radius 1 is 0.812 bits per heavy atom. The summed E-state index contributed by atoms with van der Waals surface area (Å²) in [5, 5.41) is 9.37. The van der Waals surface area contributed by atoms with Gasteiger partial charge in [0.15, 0.2) is 0 Å². The second kappa shape index (κ2) is 9.70. The molecule has 32 heavy (non-hydrogen) atoms. The SMILES string of the molecule is CCc1ccc(C(=O)Nc2ccc(Nc3cc(Nc4ccccn4)nc(C)n3)cc2)cc1. The largest absolute Gasteiger partial charge is 0.340 e. The lowest BCUT2D eigenvalue weighted by Gasteiger charge is -2.11. The Balaban J connectivity index is 1.41. The maximum absolute atomic E-state index is 12.5. The van der Waals surface area contributed by atoms with Crippen molar-refractivity contribution >= 4 is 34.7 Å². The second-order valence-electron chi connectivity index (χ2n) is 7.23. The van der Waals surface area contributed by atoms with E-state index in [0.29, 0.717) is 28.8 Å². The van der Waals surface area contributed by atoms with Crippen molar-refractivity contribution in [3.05, 3.63) is 95.9 Å². The Hall–Kier alpha value is -4.26. The highest BCUT2D eigenvalue weighted by molar-refractivity contribution is 6.04. The lowest BCUT2D eigenvalue weighted by molar-refractivity contribution is 0.102. The molecule has 0 aliphatic heterocycles. The minimum atomic E-state index is -0.134. The van der Waals surface area contributed by atoms with Crippen molar-refractivity contribution in [2.75, 3.05) is 16.0 Å². The van der Waals surface area contributed by atoms with Crippen LogP contribution in [0.3, 0.4) is 0 Å². The van der Waals surface area contributed by atoms with Crippen molar-refractivity contribution in [1.29, 1.82) is 0 Å². The topological polar surface area (TPSA) is 91.8 Å². The van der Waals surface area contributed by atoms with Crippen LogP contribution in [0.15, 0.2) is 79.0 Å². The molecule has 4 rings (SSSR count). The molecule has 2 aromatic carbocycles. The molecule has 160 valence electrons. The van der Waals surface area contributed by atoms with Crippen LogP contribution in [0.2, 0.25) is 0 Å². The van der Waals surface area contributed by atoms with Gasteiger partial charge in [0.25, 0.3) is 5.91 Å². The number of anilines is 5. The van der Waals surface area contributed by atoms with Gasteiger partial charge in [0.2, 0.25) is 0 Å². The molecule has 0 saturated heterocycles. The maximum atomic E-state index is 12.5. The van der Waals surface area contributed by atoms with E-state index in [-0.39, 0.29) is 5.91 Å². The molecular weight excluding hydrogens is 400 g/mol. The quantitative estimate of drug-likeness (QED) is 0.364. The van der Waals surface area contributed by atoms with Gasteiger partial charge in [0, 0.05) is 29.2 Å². The zero-order chi connectivity index (χ0) is 22.3. The van der Waals surface area contributed by atoms with E-state index >= 15 is 0 Å². The predicted molar refractivity (Wildman–Crippen MR) is 128 cm³/mol. The molecule has 0 atom stereocenters. The number of pyridine rings is 1. The summed E-state index contributed by atoms with van der Waals surface area (Å²) in [7, 11) is 0.